The maximum atomic E-state index is 12.4. The monoisotopic (exact) mass is 318 g/mol. The Kier molecular flexibility index (Phi) is 4.51. The lowest BCUT2D eigenvalue weighted by Crippen LogP contribution is -2.38. The van der Waals surface area contributed by atoms with E-state index in [1.165, 1.54) is 9.75 Å². The van der Waals surface area contributed by atoms with Crippen LogP contribution in [0.4, 0.5) is 4.79 Å². The molecule has 0 radical (unpaired) electrons. The predicted octanol–water partition coefficient (Wildman–Crippen LogP) is 4.01. The van der Waals surface area contributed by atoms with Gasteiger partial charge in [-0.2, -0.15) is 0 Å². The van der Waals surface area contributed by atoms with E-state index >= 15 is 0 Å². The number of nitrogens with one attached hydrogen (secondary N) is 1. The zero-order valence-electron chi connectivity index (χ0n) is 11.9. The van der Waals surface area contributed by atoms with Gasteiger partial charge in [0.05, 0.1) is 0 Å². The molecule has 1 N–H and O–H groups in total. The summed E-state index contributed by atoms with van der Waals surface area (Å²) >= 11 is 3.62. The topological polar surface area (TPSA) is 32.3 Å². The molecule has 0 saturated carbocycles. The van der Waals surface area contributed by atoms with Crippen LogP contribution >= 0.6 is 23.1 Å². The first-order chi connectivity index (χ1) is 10.2. The maximum absolute atomic E-state index is 12.4. The molecule has 1 saturated heterocycles. The van der Waals surface area contributed by atoms with Crippen LogP contribution in [-0.2, 0) is 6.54 Å². The lowest BCUT2D eigenvalue weighted by Gasteiger charge is -2.23. The van der Waals surface area contributed by atoms with Crippen LogP contribution in [0, 0.1) is 6.92 Å². The lowest BCUT2D eigenvalue weighted by molar-refractivity contribution is 0.200. The number of hydrogen-bond donors (Lipinski definition) is 1. The molecule has 1 atom stereocenters. The van der Waals surface area contributed by atoms with Crippen LogP contribution in [0.1, 0.15) is 20.7 Å². The second kappa shape index (κ2) is 6.54. The molecule has 1 aromatic carbocycles. The fourth-order valence-electron chi connectivity index (χ4n) is 2.37. The van der Waals surface area contributed by atoms with E-state index in [1.54, 1.807) is 11.3 Å². The first kappa shape index (κ1) is 14.5. The first-order valence-corrected chi connectivity index (χ1v) is 8.87. The van der Waals surface area contributed by atoms with Crippen LogP contribution in [0.3, 0.4) is 0 Å². The molecule has 0 bridgehead atoms. The molecule has 2 heterocycles. The molecule has 1 aliphatic heterocycles. The molecule has 1 unspecified atom stereocenters. The Bertz CT molecular complexity index is 612. The quantitative estimate of drug-likeness (QED) is 0.927. The standard InChI is InChI=1S/C16H18N2OS2/c1-12-7-8-14(21-12)15-18(9-10-20-15)16(19)17-11-13-5-3-2-4-6-13/h2-8,15H,9-11H2,1H3,(H,17,19). The molecule has 0 spiro atoms. The Morgan fingerprint density at radius 2 is 2.10 bits per heavy atom. The largest absolute Gasteiger partial charge is 0.334 e. The lowest BCUT2D eigenvalue weighted by atomic mass is 10.2. The van der Waals surface area contributed by atoms with Crippen molar-refractivity contribution < 1.29 is 4.79 Å². The Hall–Kier alpha value is -1.46. The van der Waals surface area contributed by atoms with Crippen molar-refractivity contribution >= 4 is 29.1 Å². The van der Waals surface area contributed by atoms with E-state index in [2.05, 4.69) is 24.4 Å². The number of hydrogen-bond acceptors (Lipinski definition) is 3. The summed E-state index contributed by atoms with van der Waals surface area (Å²) in [6.07, 6.45) is 0. The molecule has 0 aliphatic carbocycles. The van der Waals surface area contributed by atoms with Crippen LogP contribution in [0.5, 0.6) is 0 Å². The fraction of sp³-hybridized carbons (Fsp3) is 0.312. The number of thioether (sulfide) groups is 1. The second-order valence-corrected chi connectivity index (χ2v) is 7.52. The normalized spacial score (nSPS) is 18.0. The van der Waals surface area contributed by atoms with Crippen molar-refractivity contribution in [1.29, 1.82) is 0 Å². The van der Waals surface area contributed by atoms with Crippen LogP contribution in [0.2, 0.25) is 0 Å². The van der Waals surface area contributed by atoms with Gasteiger partial charge in [-0.15, -0.1) is 23.1 Å². The first-order valence-electron chi connectivity index (χ1n) is 7.00. The van der Waals surface area contributed by atoms with Gasteiger partial charge in [-0.25, -0.2) is 4.79 Å². The van der Waals surface area contributed by atoms with Gasteiger partial charge in [-0.1, -0.05) is 30.3 Å². The van der Waals surface area contributed by atoms with Crippen LogP contribution in [0.25, 0.3) is 0 Å². The Morgan fingerprint density at radius 1 is 1.29 bits per heavy atom. The number of amides is 2. The Balaban J connectivity index is 1.63. The highest BCUT2D eigenvalue weighted by atomic mass is 32.2. The summed E-state index contributed by atoms with van der Waals surface area (Å²) in [5.74, 6) is 1.00. The number of carbonyl (C=O) groups is 1. The minimum atomic E-state index is 0.0277. The van der Waals surface area contributed by atoms with Crippen molar-refractivity contribution in [2.24, 2.45) is 0 Å². The molecule has 3 nitrogen and oxygen atoms in total. The molecule has 3 rings (SSSR count). The SMILES string of the molecule is Cc1ccc(C2SCCN2C(=O)NCc2ccccc2)s1. The van der Waals surface area contributed by atoms with E-state index in [4.69, 9.17) is 0 Å². The van der Waals surface area contributed by atoms with E-state index in [-0.39, 0.29) is 11.4 Å². The third-order valence-corrected chi connectivity index (χ3v) is 5.89. The maximum Gasteiger partial charge on any atom is 0.318 e. The molecule has 1 aromatic heterocycles. The summed E-state index contributed by atoms with van der Waals surface area (Å²) in [6.45, 7) is 3.50. The number of urea groups is 1. The van der Waals surface area contributed by atoms with E-state index in [1.807, 2.05) is 47.0 Å². The number of rotatable bonds is 3. The Labute approximate surface area is 133 Å². The van der Waals surface area contributed by atoms with E-state index in [9.17, 15) is 4.79 Å². The molecular formula is C16H18N2OS2. The third kappa shape index (κ3) is 3.41. The summed E-state index contributed by atoms with van der Waals surface area (Å²) in [7, 11) is 0. The summed E-state index contributed by atoms with van der Waals surface area (Å²) < 4.78 is 0. The van der Waals surface area contributed by atoms with Gasteiger partial charge in [-0.05, 0) is 24.6 Å². The molecule has 2 amide bonds. The zero-order chi connectivity index (χ0) is 14.7. The molecule has 1 fully saturated rings. The zero-order valence-corrected chi connectivity index (χ0v) is 13.5. The molecule has 1 aliphatic rings. The highest BCUT2D eigenvalue weighted by molar-refractivity contribution is 7.99. The summed E-state index contributed by atoms with van der Waals surface area (Å²) in [5.41, 5.74) is 1.13. The van der Waals surface area contributed by atoms with Gasteiger partial charge in [0.2, 0.25) is 0 Å². The third-order valence-electron chi connectivity index (χ3n) is 3.44. The van der Waals surface area contributed by atoms with Crippen molar-refractivity contribution in [3.63, 3.8) is 0 Å². The van der Waals surface area contributed by atoms with Gasteiger partial charge in [0, 0.05) is 28.6 Å². The number of benzene rings is 1. The van der Waals surface area contributed by atoms with Crippen molar-refractivity contribution in [2.75, 3.05) is 12.3 Å². The van der Waals surface area contributed by atoms with Gasteiger partial charge in [0.1, 0.15) is 5.37 Å². The molecule has 110 valence electrons. The van der Waals surface area contributed by atoms with Crippen molar-refractivity contribution in [3.8, 4) is 0 Å². The average molecular weight is 318 g/mol. The predicted molar refractivity (Wildman–Crippen MR) is 89.6 cm³/mol. The number of carbonyl (C=O) groups excluding carboxylic acids is 1. The summed E-state index contributed by atoms with van der Waals surface area (Å²) in [6, 6.07) is 14.3. The second-order valence-electron chi connectivity index (χ2n) is 5.01. The van der Waals surface area contributed by atoms with E-state index < -0.39 is 0 Å². The van der Waals surface area contributed by atoms with Gasteiger partial charge in [0.15, 0.2) is 0 Å². The van der Waals surface area contributed by atoms with Crippen LogP contribution in [0.15, 0.2) is 42.5 Å². The summed E-state index contributed by atoms with van der Waals surface area (Å²) in [5, 5.41) is 3.19. The van der Waals surface area contributed by atoms with Crippen molar-refractivity contribution in [3.05, 3.63) is 57.8 Å². The average Bonchev–Trinajstić information content (AvgIpc) is 3.14. The molecule has 5 heteroatoms. The van der Waals surface area contributed by atoms with E-state index in [0.29, 0.717) is 6.54 Å². The van der Waals surface area contributed by atoms with Crippen molar-refractivity contribution in [1.82, 2.24) is 10.2 Å². The van der Waals surface area contributed by atoms with E-state index in [0.717, 1.165) is 17.9 Å². The number of aryl methyl sites for hydroxylation is 1. The molecule has 2 aromatic rings. The Morgan fingerprint density at radius 3 is 2.81 bits per heavy atom. The number of nitrogens with zero attached hydrogens (tertiary/aromatic N) is 1. The van der Waals surface area contributed by atoms with Crippen molar-refractivity contribution in [2.45, 2.75) is 18.8 Å². The minimum absolute atomic E-state index is 0.0277. The highest BCUT2D eigenvalue weighted by Gasteiger charge is 2.31. The summed E-state index contributed by atoms with van der Waals surface area (Å²) in [4.78, 5) is 16.9. The fourth-order valence-corrected chi connectivity index (χ4v) is 4.74. The van der Waals surface area contributed by atoms with Crippen LogP contribution < -0.4 is 5.32 Å². The molecule has 21 heavy (non-hydrogen) atoms. The van der Waals surface area contributed by atoms with Gasteiger partial charge in [-0.3, -0.25) is 0 Å². The van der Waals surface area contributed by atoms with Gasteiger partial charge >= 0.3 is 6.03 Å². The smallest absolute Gasteiger partial charge is 0.318 e. The van der Waals surface area contributed by atoms with Gasteiger partial charge in [0.25, 0.3) is 0 Å². The van der Waals surface area contributed by atoms with Gasteiger partial charge < -0.3 is 10.2 Å². The number of thiophene rings is 1. The minimum Gasteiger partial charge on any atom is -0.334 e. The van der Waals surface area contributed by atoms with Crippen LogP contribution in [-0.4, -0.2) is 23.2 Å². The molecular weight excluding hydrogens is 300 g/mol. The highest BCUT2D eigenvalue weighted by Crippen LogP contribution is 2.40.